The van der Waals surface area contributed by atoms with Crippen molar-refractivity contribution in [3.63, 3.8) is 0 Å². The van der Waals surface area contributed by atoms with Gasteiger partial charge >= 0.3 is 0 Å². The van der Waals surface area contributed by atoms with E-state index in [2.05, 4.69) is 5.43 Å². The Morgan fingerprint density at radius 2 is 1.71 bits per heavy atom. The number of hydrogen-bond acceptors (Lipinski definition) is 2. The van der Waals surface area contributed by atoms with Crippen molar-refractivity contribution < 1.29 is 0 Å². The predicted molar refractivity (Wildman–Crippen MR) is 59.9 cm³/mol. The van der Waals surface area contributed by atoms with E-state index in [0.29, 0.717) is 10.1 Å². The van der Waals surface area contributed by atoms with Gasteiger partial charge in [-0.2, -0.15) is 0 Å². The molecule has 4 heteroatoms. The number of nitrogens with zero attached hydrogens (tertiary/aromatic N) is 1. The van der Waals surface area contributed by atoms with Crippen molar-refractivity contribution >= 4 is 28.9 Å². The maximum Gasteiger partial charge on any atom is 0.0790 e. The van der Waals surface area contributed by atoms with Crippen LogP contribution in [0.25, 0.3) is 0 Å². The predicted octanol–water partition coefficient (Wildman–Crippen LogP) is 3.17. The molecule has 1 N–H and O–H groups in total. The molecule has 2 rings (SSSR count). The first-order valence-corrected chi connectivity index (χ1v) is 4.87. The van der Waals surface area contributed by atoms with Crippen molar-refractivity contribution in [1.29, 1.82) is 0 Å². The van der Waals surface area contributed by atoms with Gasteiger partial charge in [0.2, 0.25) is 0 Å². The minimum Gasteiger partial charge on any atom is -0.300 e. The average molecular weight is 227 g/mol. The summed E-state index contributed by atoms with van der Waals surface area (Å²) in [4.78, 5) is 0. The van der Waals surface area contributed by atoms with E-state index in [1.807, 2.05) is 30.3 Å². The molecule has 0 spiro atoms. The molecule has 0 amide bonds. The Bertz CT molecular complexity index is 384. The van der Waals surface area contributed by atoms with E-state index in [1.54, 1.807) is 17.4 Å². The van der Waals surface area contributed by atoms with E-state index in [9.17, 15) is 0 Å². The first-order chi connectivity index (χ1) is 6.77. The second-order valence-corrected chi connectivity index (χ2v) is 3.62. The van der Waals surface area contributed by atoms with E-state index in [-0.39, 0.29) is 0 Å². The molecule has 0 fully saturated rings. The SMILES string of the molecule is ClC1=CNN(c2ccccc2)C=C1Cl. The topological polar surface area (TPSA) is 15.3 Å². The summed E-state index contributed by atoms with van der Waals surface area (Å²) in [5.41, 5.74) is 4.00. The van der Waals surface area contributed by atoms with Crippen LogP contribution in [0.4, 0.5) is 5.69 Å². The first kappa shape index (κ1) is 9.44. The zero-order valence-electron chi connectivity index (χ0n) is 7.24. The molecule has 1 aromatic rings. The Balaban J connectivity index is 2.25. The summed E-state index contributed by atoms with van der Waals surface area (Å²) in [5, 5.41) is 2.84. The Morgan fingerprint density at radius 3 is 2.36 bits per heavy atom. The van der Waals surface area contributed by atoms with Crippen LogP contribution in [0.15, 0.2) is 52.8 Å². The van der Waals surface area contributed by atoms with Gasteiger partial charge in [0.25, 0.3) is 0 Å². The van der Waals surface area contributed by atoms with Crippen LogP contribution in [0.2, 0.25) is 0 Å². The summed E-state index contributed by atoms with van der Waals surface area (Å²) in [6.45, 7) is 0. The molecule has 1 aliphatic rings. The van der Waals surface area contributed by atoms with Gasteiger partial charge < -0.3 is 5.43 Å². The lowest BCUT2D eigenvalue weighted by atomic mass is 10.3. The summed E-state index contributed by atoms with van der Waals surface area (Å²) < 4.78 is 0. The van der Waals surface area contributed by atoms with Crippen LogP contribution < -0.4 is 10.4 Å². The van der Waals surface area contributed by atoms with Crippen molar-refractivity contribution in [3.05, 3.63) is 52.8 Å². The number of halogens is 2. The molecule has 0 aromatic heterocycles. The number of allylic oxidation sites excluding steroid dienone is 2. The van der Waals surface area contributed by atoms with Crippen molar-refractivity contribution in [2.45, 2.75) is 0 Å². The minimum absolute atomic E-state index is 0.513. The third kappa shape index (κ3) is 1.86. The third-order valence-electron chi connectivity index (χ3n) is 1.84. The van der Waals surface area contributed by atoms with Gasteiger partial charge in [-0.15, -0.1) is 0 Å². The lowest BCUT2D eigenvalue weighted by Crippen LogP contribution is -2.31. The fourth-order valence-corrected chi connectivity index (χ4v) is 1.39. The quantitative estimate of drug-likeness (QED) is 0.792. The standard InChI is InChI=1S/C10H8Cl2N2/c11-9-6-13-14(7-10(9)12)8-4-2-1-3-5-8/h1-7,13H. The molecule has 0 aliphatic carbocycles. The van der Waals surface area contributed by atoms with Crippen LogP contribution in [-0.4, -0.2) is 0 Å². The maximum absolute atomic E-state index is 5.89. The molecule has 0 radical (unpaired) electrons. The molecular weight excluding hydrogens is 219 g/mol. The van der Waals surface area contributed by atoms with E-state index in [0.717, 1.165) is 5.69 Å². The summed E-state index contributed by atoms with van der Waals surface area (Å²) >= 11 is 11.7. The van der Waals surface area contributed by atoms with Crippen molar-refractivity contribution in [1.82, 2.24) is 5.43 Å². The van der Waals surface area contributed by atoms with Crippen molar-refractivity contribution in [2.75, 3.05) is 5.01 Å². The van der Waals surface area contributed by atoms with Gasteiger partial charge in [-0.1, -0.05) is 41.4 Å². The van der Waals surface area contributed by atoms with Gasteiger partial charge in [-0.3, -0.25) is 5.01 Å². The summed E-state index contributed by atoms with van der Waals surface area (Å²) in [6.07, 6.45) is 3.39. The van der Waals surface area contributed by atoms with Crippen LogP contribution in [-0.2, 0) is 0 Å². The minimum atomic E-state index is 0.513. The highest BCUT2D eigenvalue weighted by molar-refractivity contribution is 6.44. The molecule has 0 saturated heterocycles. The fraction of sp³-hybridized carbons (Fsp3) is 0. The molecule has 14 heavy (non-hydrogen) atoms. The fourth-order valence-electron chi connectivity index (χ4n) is 1.15. The van der Waals surface area contributed by atoms with E-state index >= 15 is 0 Å². The Hall–Kier alpha value is -1.12. The highest BCUT2D eigenvalue weighted by Crippen LogP contribution is 2.24. The Labute approximate surface area is 92.4 Å². The zero-order valence-corrected chi connectivity index (χ0v) is 8.76. The van der Waals surface area contributed by atoms with Gasteiger partial charge in [0.05, 0.1) is 15.8 Å². The summed E-state index contributed by atoms with van der Waals surface area (Å²) in [6, 6.07) is 9.82. The van der Waals surface area contributed by atoms with Crippen molar-refractivity contribution in [3.8, 4) is 0 Å². The number of hydrogen-bond donors (Lipinski definition) is 1. The first-order valence-electron chi connectivity index (χ1n) is 4.11. The van der Waals surface area contributed by atoms with Gasteiger partial charge in [0.1, 0.15) is 0 Å². The summed E-state index contributed by atoms with van der Waals surface area (Å²) in [5.74, 6) is 0. The number of para-hydroxylation sites is 1. The van der Waals surface area contributed by atoms with Crippen LogP contribution >= 0.6 is 23.2 Å². The van der Waals surface area contributed by atoms with E-state index in [1.165, 1.54) is 0 Å². The van der Waals surface area contributed by atoms with Crippen molar-refractivity contribution in [2.24, 2.45) is 0 Å². The van der Waals surface area contributed by atoms with Crippen LogP contribution in [0.5, 0.6) is 0 Å². The third-order valence-corrected chi connectivity index (χ3v) is 2.55. The molecule has 72 valence electrons. The van der Waals surface area contributed by atoms with Gasteiger partial charge in [0.15, 0.2) is 0 Å². The largest absolute Gasteiger partial charge is 0.300 e. The lowest BCUT2D eigenvalue weighted by Gasteiger charge is -2.24. The highest BCUT2D eigenvalue weighted by atomic mass is 35.5. The molecular formula is C10H8Cl2N2. The maximum atomic E-state index is 5.89. The number of benzene rings is 1. The second kappa shape index (κ2) is 3.95. The number of anilines is 1. The van der Waals surface area contributed by atoms with Gasteiger partial charge in [-0.05, 0) is 12.1 Å². The summed E-state index contributed by atoms with van der Waals surface area (Å²) in [7, 11) is 0. The highest BCUT2D eigenvalue weighted by Gasteiger charge is 2.09. The number of hydrazine groups is 1. The molecule has 0 saturated carbocycles. The number of nitrogens with one attached hydrogen (secondary N) is 1. The normalized spacial score (nSPS) is 15.7. The van der Waals surface area contributed by atoms with Crippen LogP contribution in [0, 0.1) is 0 Å². The zero-order chi connectivity index (χ0) is 9.97. The van der Waals surface area contributed by atoms with Crippen LogP contribution in [0.1, 0.15) is 0 Å². The Kier molecular flexibility index (Phi) is 2.66. The molecule has 1 aliphatic heterocycles. The smallest absolute Gasteiger partial charge is 0.0790 e. The van der Waals surface area contributed by atoms with E-state index < -0.39 is 0 Å². The Morgan fingerprint density at radius 1 is 1.00 bits per heavy atom. The molecule has 2 nitrogen and oxygen atoms in total. The molecule has 1 heterocycles. The molecule has 0 atom stereocenters. The second-order valence-electron chi connectivity index (χ2n) is 2.80. The lowest BCUT2D eigenvalue weighted by molar-refractivity contribution is 0.862. The average Bonchev–Trinajstić information content (AvgIpc) is 2.23. The van der Waals surface area contributed by atoms with Gasteiger partial charge in [-0.25, -0.2) is 0 Å². The van der Waals surface area contributed by atoms with E-state index in [4.69, 9.17) is 23.2 Å². The molecule has 1 aromatic carbocycles. The number of rotatable bonds is 1. The monoisotopic (exact) mass is 226 g/mol. The molecule has 0 bridgehead atoms. The van der Waals surface area contributed by atoms with Crippen LogP contribution in [0.3, 0.4) is 0 Å². The van der Waals surface area contributed by atoms with Gasteiger partial charge in [0, 0.05) is 12.4 Å². The molecule has 0 unspecified atom stereocenters.